The van der Waals surface area contributed by atoms with Gasteiger partial charge in [0.1, 0.15) is 0 Å². The normalized spacial score (nSPS) is 14.4. The molecule has 178 valence electrons. The van der Waals surface area contributed by atoms with E-state index in [0.717, 1.165) is 5.56 Å². The molecule has 0 aromatic carbocycles. The molecule has 1 aliphatic rings. The van der Waals surface area contributed by atoms with Gasteiger partial charge in [0.25, 0.3) is 12.3 Å². The van der Waals surface area contributed by atoms with Crippen molar-refractivity contribution in [2.24, 2.45) is 0 Å². The van der Waals surface area contributed by atoms with Gasteiger partial charge in [-0.1, -0.05) is 0 Å². The molecule has 2 N–H and O–H groups in total. The minimum Gasteiger partial charge on any atom is -0.471 e. The van der Waals surface area contributed by atoms with Crippen LogP contribution in [0.25, 0.3) is 0 Å². The van der Waals surface area contributed by atoms with Crippen LogP contribution >= 0.6 is 0 Å². The van der Waals surface area contributed by atoms with Gasteiger partial charge in [0.2, 0.25) is 11.8 Å². The first kappa shape index (κ1) is 24.5. The van der Waals surface area contributed by atoms with Crippen molar-refractivity contribution >= 4 is 11.8 Å². The summed E-state index contributed by atoms with van der Waals surface area (Å²) in [4.78, 5) is 35.5. The summed E-state index contributed by atoms with van der Waals surface area (Å²) in [6.07, 6.45) is 0.416. The molecule has 0 spiro atoms. The molecule has 2 aromatic heterocycles. The lowest BCUT2D eigenvalue weighted by atomic mass is 10.1. The van der Waals surface area contributed by atoms with Gasteiger partial charge in [-0.3, -0.25) is 14.6 Å². The highest BCUT2D eigenvalue weighted by Gasteiger charge is 2.34. The minimum absolute atomic E-state index is 0.00834. The zero-order chi connectivity index (χ0) is 24.3. The summed E-state index contributed by atoms with van der Waals surface area (Å²) in [7, 11) is 0. The molecule has 1 unspecified atom stereocenters. The summed E-state index contributed by atoms with van der Waals surface area (Å²) in [5.74, 6) is -0.351. The number of aromatic nitrogens is 2. The van der Waals surface area contributed by atoms with Crippen molar-refractivity contribution in [3.63, 3.8) is 0 Å². The molecule has 0 radical (unpaired) electrons. The molecule has 3 heterocycles. The van der Waals surface area contributed by atoms with Crippen LogP contribution in [0.2, 0.25) is 0 Å². The summed E-state index contributed by atoms with van der Waals surface area (Å²) in [6.45, 7) is 6.39. The van der Waals surface area contributed by atoms with E-state index in [2.05, 4.69) is 15.3 Å². The van der Waals surface area contributed by atoms with Crippen LogP contribution in [-0.2, 0) is 17.8 Å². The van der Waals surface area contributed by atoms with Gasteiger partial charge in [-0.25, -0.2) is 13.8 Å². The van der Waals surface area contributed by atoms with Crippen LogP contribution in [0.5, 0.6) is 5.88 Å². The third-order valence-corrected chi connectivity index (χ3v) is 5.36. The number of carbonyl (C=O) groups excluding carboxylic acids is 2. The fraction of sp³-hybridized carbons (Fsp3) is 0.478. The number of nitrogens with one attached hydrogen (secondary N) is 1. The van der Waals surface area contributed by atoms with E-state index >= 15 is 0 Å². The molecule has 1 aliphatic heterocycles. The number of aliphatic hydroxyl groups is 1. The average molecular weight is 462 g/mol. The fourth-order valence-electron chi connectivity index (χ4n) is 3.59. The Labute approximate surface area is 191 Å². The number of aryl methyl sites for hydroxylation is 1. The number of hydrogen-bond donors (Lipinski definition) is 2. The molecule has 0 bridgehead atoms. The van der Waals surface area contributed by atoms with Gasteiger partial charge in [-0.2, -0.15) is 0 Å². The second-order valence-corrected chi connectivity index (χ2v) is 8.75. The summed E-state index contributed by atoms with van der Waals surface area (Å²) in [6, 6.07) is 3.04. The van der Waals surface area contributed by atoms with Crippen molar-refractivity contribution in [3.05, 3.63) is 52.5 Å². The number of halogens is 2. The van der Waals surface area contributed by atoms with E-state index < -0.39 is 18.6 Å². The smallest absolute Gasteiger partial charge is 0.272 e. The van der Waals surface area contributed by atoms with Crippen LogP contribution in [0.1, 0.15) is 59.6 Å². The van der Waals surface area contributed by atoms with Gasteiger partial charge in [0.15, 0.2) is 6.61 Å². The van der Waals surface area contributed by atoms with Crippen LogP contribution in [0.3, 0.4) is 0 Å². The highest BCUT2D eigenvalue weighted by atomic mass is 19.3. The lowest BCUT2D eigenvalue weighted by Crippen LogP contribution is -2.39. The predicted octanol–water partition coefficient (Wildman–Crippen LogP) is 2.58. The number of nitrogens with zero attached hydrogens (tertiary/aromatic N) is 3. The molecule has 0 aliphatic carbocycles. The number of ether oxygens (including phenoxy) is 1. The first-order chi connectivity index (χ1) is 15.5. The molecular weight excluding hydrogens is 434 g/mol. The predicted molar refractivity (Wildman–Crippen MR) is 116 cm³/mol. The van der Waals surface area contributed by atoms with Crippen LogP contribution in [-0.4, -0.2) is 57.0 Å². The molecule has 33 heavy (non-hydrogen) atoms. The number of rotatable bonds is 9. The minimum atomic E-state index is -2.59. The number of amides is 2. The van der Waals surface area contributed by atoms with Crippen molar-refractivity contribution in [2.45, 2.75) is 58.7 Å². The van der Waals surface area contributed by atoms with Gasteiger partial charge in [0.05, 0.1) is 23.8 Å². The Balaban J connectivity index is 1.74. The van der Waals surface area contributed by atoms with E-state index in [0.29, 0.717) is 22.4 Å². The van der Waals surface area contributed by atoms with E-state index in [4.69, 9.17) is 4.74 Å². The summed E-state index contributed by atoms with van der Waals surface area (Å²) in [5, 5.41) is 12.5. The zero-order valence-electron chi connectivity index (χ0n) is 19.1. The molecule has 2 aromatic rings. The van der Waals surface area contributed by atoms with E-state index in [-0.39, 0.29) is 43.2 Å². The Morgan fingerprint density at radius 1 is 1.36 bits per heavy atom. The summed E-state index contributed by atoms with van der Waals surface area (Å²) >= 11 is 0. The fourth-order valence-corrected chi connectivity index (χ4v) is 3.59. The molecule has 1 atom stereocenters. The van der Waals surface area contributed by atoms with Crippen LogP contribution in [0, 0.1) is 6.92 Å². The standard InChI is InChI=1S/C23H28F2N4O4/c1-13-7-15(9-27-21(13)33-11-19(24)25)14(2)29-10-17-16(22(29)31)5-6-26-18(17)8-20(30)28-12-23(3,4)32/h5-7,9,14,19,32H,8,10-12H2,1-4H3,(H,28,30). The van der Waals surface area contributed by atoms with Crippen LogP contribution in [0.4, 0.5) is 8.78 Å². The number of fused-ring (bicyclic) bond motifs is 1. The average Bonchev–Trinajstić information content (AvgIpc) is 3.08. The quantitative estimate of drug-likeness (QED) is 0.594. The molecule has 8 nitrogen and oxygen atoms in total. The Hall–Kier alpha value is -3.14. The lowest BCUT2D eigenvalue weighted by Gasteiger charge is -2.25. The molecular formula is C23H28F2N4O4. The maximum absolute atomic E-state index is 13.1. The topological polar surface area (TPSA) is 105 Å². The lowest BCUT2D eigenvalue weighted by molar-refractivity contribution is -0.121. The van der Waals surface area contributed by atoms with E-state index in [9.17, 15) is 23.5 Å². The zero-order valence-corrected chi connectivity index (χ0v) is 19.1. The summed E-state index contributed by atoms with van der Waals surface area (Å²) in [5.41, 5.74) is 1.98. The molecule has 0 saturated heterocycles. The number of pyridine rings is 2. The second kappa shape index (κ2) is 9.78. The van der Waals surface area contributed by atoms with E-state index in [1.807, 2.05) is 6.92 Å². The Bertz CT molecular complexity index is 1040. The second-order valence-electron chi connectivity index (χ2n) is 8.75. The number of hydrogen-bond acceptors (Lipinski definition) is 6. The maximum Gasteiger partial charge on any atom is 0.272 e. The van der Waals surface area contributed by atoms with E-state index in [1.165, 1.54) is 12.4 Å². The first-order valence-electron chi connectivity index (χ1n) is 10.6. The van der Waals surface area contributed by atoms with Crippen LogP contribution in [0.15, 0.2) is 24.5 Å². The van der Waals surface area contributed by atoms with Gasteiger partial charge in [0, 0.05) is 42.2 Å². The van der Waals surface area contributed by atoms with Gasteiger partial charge >= 0.3 is 0 Å². The van der Waals surface area contributed by atoms with Crippen molar-refractivity contribution in [3.8, 4) is 5.88 Å². The SMILES string of the molecule is Cc1cc(C(C)N2Cc3c(ccnc3CC(=O)NCC(C)(C)O)C2=O)cnc1OCC(F)F. The summed E-state index contributed by atoms with van der Waals surface area (Å²) < 4.78 is 29.8. The first-order valence-corrected chi connectivity index (χ1v) is 10.6. The highest BCUT2D eigenvalue weighted by molar-refractivity contribution is 5.99. The monoisotopic (exact) mass is 462 g/mol. The molecule has 10 heteroatoms. The Morgan fingerprint density at radius 2 is 2.09 bits per heavy atom. The molecule has 0 saturated carbocycles. The van der Waals surface area contributed by atoms with Gasteiger partial charge in [-0.05, 0) is 45.4 Å². The van der Waals surface area contributed by atoms with Crippen LogP contribution < -0.4 is 10.1 Å². The third-order valence-electron chi connectivity index (χ3n) is 5.36. The Kier molecular flexibility index (Phi) is 7.26. The number of alkyl halides is 2. The largest absolute Gasteiger partial charge is 0.471 e. The number of carbonyl (C=O) groups is 2. The van der Waals surface area contributed by atoms with Crippen molar-refractivity contribution in [1.82, 2.24) is 20.2 Å². The van der Waals surface area contributed by atoms with Gasteiger partial charge < -0.3 is 20.1 Å². The third kappa shape index (κ3) is 6.01. The van der Waals surface area contributed by atoms with E-state index in [1.54, 1.807) is 37.8 Å². The van der Waals surface area contributed by atoms with Crippen molar-refractivity contribution in [1.29, 1.82) is 0 Å². The van der Waals surface area contributed by atoms with Crippen molar-refractivity contribution in [2.75, 3.05) is 13.2 Å². The molecule has 0 fully saturated rings. The maximum atomic E-state index is 13.1. The molecule has 2 amide bonds. The highest BCUT2D eigenvalue weighted by Crippen LogP contribution is 2.33. The molecule has 3 rings (SSSR count). The van der Waals surface area contributed by atoms with Gasteiger partial charge in [-0.15, -0.1) is 0 Å². The van der Waals surface area contributed by atoms with Crippen molar-refractivity contribution < 1.29 is 28.2 Å². The Morgan fingerprint density at radius 3 is 2.73 bits per heavy atom.